The molecule has 2 aliphatic rings. The van der Waals surface area contributed by atoms with E-state index < -0.39 is 5.60 Å². The number of ether oxygens (including phenoxy) is 2. The Hall–Kier alpha value is -4.17. The van der Waals surface area contributed by atoms with Gasteiger partial charge in [0.05, 0.1) is 19.7 Å². The summed E-state index contributed by atoms with van der Waals surface area (Å²) < 4.78 is 32.4. The van der Waals surface area contributed by atoms with E-state index in [9.17, 15) is 14.0 Å². The average Bonchev–Trinajstić information content (AvgIpc) is 3.34. The van der Waals surface area contributed by atoms with Gasteiger partial charge in [-0.1, -0.05) is 48.5 Å². The number of carbonyl (C=O) groups excluding carboxylic acids is 2. The SMILES string of the molecule is Cc1c(C(=O)N2CCOC3(CCCCc4ccccc4OCCN(Cc4ccccc4)C3=O)C2)oc2ccc(F)cc12. The van der Waals surface area contributed by atoms with E-state index in [2.05, 4.69) is 6.07 Å². The number of rotatable bonds is 3. The molecule has 1 unspecified atom stereocenters. The zero-order valence-electron chi connectivity index (χ0n) is 23.8. The molecule has 1 aromatic heterocycles. The highest BCUT2D eigenvalue weighted by Gasteiger charge is 2.47. The summed E-state index contributed by atoms with van der Waals surface area (Å²) in [5, 5.41) is 0.567. The van der Waals surface area contributed by atoms with Crippen molar-refractivity contribution < 1.29 is 27.9 Å². The second-order valence-corrected chi connectivity index (χ2v) is 11.1. The number of hydrogen-bond donors (Lipinski definition) is 0. The van der Waals surface area contributed by atoms with Crippen molar-refractivity contribution >= 4 is 22.8 Å². The van der Waals surface area contributed by atoms with Crippen molar-refractivity contribution in [1.82, 2.24) is 9.80 Å². The van der Waals surface area contributed by atoms with Gasteiger partial charge in [-0.05, 0) is 68.0 Å². The van der Waals surface area contributed by atoms with Gasteiger partial charge in [-0.3, -0.25) is 9.59 Å². The smallest absolute Gasteiger partial charge is 0.290 e. The maximum absolute atomic E-state index is 14.5. The lowest BCUT2D eigenvalue weighted by molar-refractivity contribution is -0.171. The van der Waals surface area contributed by atoms with Gasteiger partial charge in [0.1, 0.15) is 23.8 Å². The van der Waals surface area contributed by atoms with Crippen molar-refractivity contribution in [2.75, 3.05) is 32.8 Å². The van der Waals surface area contributed by atoms with Gasteiger partial charge < -0.3 is 23.7 Å². The first-order chi connectivity index (χ1) is 20.4. The minimum Gasteiger partial charge on any atom is -0.491 e. The predicted molar refractivity (Wildman–Crippen MR) is 157 cm³/mol. The quantitative estimate of drug-likeness (QED) is 0.306. The topological polar surface area (TPSA) is 72.2 Å². The number of nitrogens with zero attached hydrogens (tertiary/aromatic N) is 2. The molecule has 8 heteroatoms. The predicted octanol–water partition coefficient (Wildman–Crippen LogP) is 5.93. The molecule has 0 bridgehead atoms. The molecular formula is C34H35FN2O5. The first-order valence-electron chi connectivity index (χ1n) is 14.6. The zero-order valence-corrected chi connectivity index (χ0v) is 23.8. The minimum absolute atomic E-state index is 0.109. The van der Waals surface area contributed by atoms with Crippen LogP contribution in [0.1, 0.15) is 46.5 Å². The summed E-state index contributed by atoms with van der Waals surface area (Å²) in [6.07, 6.45) is 2.89. The van der Waals surface area contributed by atoms with Crippen LogP contribution in [0.25, 0.3) is 11.0 Å². The molecule has 0 N–H and O–H groups in total. The molecule has 42 heavy (non-hydrogen) atoms. The highest BCUT2D eigenvalue weighted by Crippen LogP contribution is 2.33. The number of morpholine rings is 1. The van der Waals surface area contributed by atoms with Crippen LogP contribution in [0, 0.1) is 12.7 Å². The average molecular weight is 571 g/mol. The van der Waals surface area contributed by atoms with Gasteiger partial charge in [-0.25, -0.2) is 4.39 Å². The Labute approximate surface area is 244 Å². The van der Waals surface area contributed by atoms with Crippen molar-refractivity contribution in [2.45, 2.75) is 44.8 Å². The van der Waals surface area contributed by atoms with Gasteiger partial charge in [0.15, 0.2) is 11.4 Å². The summed E-state index contributed by atoms with van der Waals surface area (Å²) >= 11 is 0. The molecule has 0 aliphatic carbocycles. The first-order valence-corrected chi connectivity index (χ1v) is 14.6. The van der Waals surface area contributed by atoms with Crippen molar-refractivity contribution in [3.63, 3.8) is 0 Å². The number of halogens is 1. The summed E-state index contributed by atoms with van der Waals surface area (Å²) in [5.41, 5.74) is 1.99. The first kappa shape index (κ1) is 28.0. The van der Waals surface area contributed by atoms with E-state index in [4.69, 9.17) is 13.9 Å². The molecule has 218 valence electrons. The fourth-order valence-electron chi connectivity index (χ4n) is 6.07. The van der Waals surface area contributed by atoms with Crippen LogP contribution < -0.4 is 4.74 Å². The third-order valence-corrected chi connectivity index (χ3v) is 8.33. The van der Waals surface area contributed by atoms with Gasteiger partial charge >= 0.3 is 0 Å². The number of para-hydroxylation sites is 1. The second-order valence-electron chi connectivity index (χ2n) is 11.1. The highest BCUT2D eigenvalue weighted by atomic mass is 19.1. The Morgan fingerprint density at radius 2 is 1.79 bits per heavy atom. The Balaban J connectivity index is 1.31. The maximum Gasteiger partial charge on any atom is 0.290 e. The highest BCUT2D eigenvalue weighted by molar-refractivity contribution is 5.99. The van der Waals surface area contributed by atoms with Crippen LogP contribution in [-0.4, -0.2) is 60.1 Å². The van der Waals surface area contributed by atoms with E-state index in [-0.39, 0.29) is 36.5 Å². The molecular weight excluding hydrogens is 535 g/mol. The van der Waals surface area contributed by atoms with Crippen LogP contribution in [0.3, 0.4) is 0 Å². The number of hydrogen-bond acceptors (Lipinski definition) is 5. The normalized spacial score (nSPS) is 20.1. The molecule has 1 atom stereocenters. The van der Waals surface area contributed by atoms with Crippen LogP contribution in [0.15, 0.2) is 77.2 Å². The number of carbonyl (C=O) groups is 2. The van der Waals surface area contributed by atoms with Crippen LogP contribution in [0.4, 0.5) is 4.39 Å². The number of benzene rings is 3. The van der Waals surface area contributed by atoms with Crippen LogP contribution in [0.5, 0.6) is 5.75 Å². The summed E-state index contributed by atoms with van der Waals surface area (Å²) in [6, 6.07) is 22.1. The summed E-state index contributed by atoms with van der Waals surface area (Å²) in [6.45, 7) is 3.53. The monoisotopic (exact) mass is 570 g/mol. The van der Waals surface area contributed by atoms with E-state index in [0.717, 1.165) is 36.1 Å². The van der Waals surface area contributed by atoms with Gasteiger partial charge in [0, 0.05) is 24.0 Å². The minimum atomic E-state index is -1.20. The number of fused-ring (bicyclic) bond motifs is 2. The third kappa shape index (κ3) is 5.63. The Morgan fingerprint density at radius 1 is 0.976 bits per heavy atom. The Bertz CT molecular complexity index is 1590. The fraction of sp³-hybridized carbons (Fsp3) is 0.353. The second kappa shape index (κ2) is 12.0. The van der Waals surface area contributed by atoms with Gasteiger partial charge in [-0.15, -0.1) is 0 Å². The molecule has 3 aromatic carbocycles. The third-order valence-electron chi connectivity index (χ3n) is 8.33. The fourth-order valence-corrected chi connectivity index (χ4v) is 6.07. The number of aryl methyl sites for hydroxylation is 2. The molecule has 0 radical (unpaired) electrons. The van der Waals surface area contributed by atoms with Gasteiger partial charge in [-0.2, -0.15) is 0 Å². The van der Waals surface area contributed by atoms with Crippen LogP contribution in [-0.2, 0) is 22.5 Å². The number of amides is 2. The maximum atomic E-state index is 14.5. The van der Waals surface area contributed by atoms with E-state index in [0.29, 0.717) is 49.2 Å². The van der Waals surface area contributed by atoms with E-state index >= 15 is 0 Å². The van der Waals surface area contributed by atoms with Gasteiger partial charge in [0.25, 0.3) is 11.8 Å². The van der Waals surface area contributed by atoms with E-state index in [1.807, 2.05) is 48.5 Å². The summed E-state index contributed by atoms with van der Waals surface area (Å²) in [4.78, 5) is 31.8. The molecule has 0 saturated carbocycles. The zero-order chi connectivity index (χ0) is 29.1. The summed E-state index contributed by atoms with van der Waals surface area (Å²) in [5.74, 6) is 0.160. The van der Waals surface area contributed by atoms with Crippen molar-refractivity contribution in [1.29, 1.82) is 0 Å². The van der Waals surface area contributed by atoms with Crippen LogP contribution in [0.2, 0.25) is 0 Å². The Morgan fingerprint density at radius 3 is 2.64 bits per heavy atom. The lowest BCUT2D eigenvalue weighted by atomic mass is 9.90. The Kier molecular flexibility index (Phi) is 7.98. The molecule has 4 aromatic rings. The summed E-state index contributed by atoms with van der Waals surface area (Å²) in [7, 11) is 0. The molecule has 1 fully saturated rings. The van der Waals surface area contributed by atoms with Gasteiger partial charge in [0.2, 0.25) is 0 Å². The molecule has 7 nitrogen and oxygen atoms in total. The molecule has 6 rings (SSSR count). The standard InChI is InChI=1S/C34H35FN2O5/c1-24-28-21-27(35)14-15-30(28)42-31(24)32(38)37-18-20-41-34(23-37)16-8-7-12-26-11-5-6-13-29(26)40-19-17-36(33(34)39)22-25-9-3-2-4-10-25/h2-6,9-11,13-15,21H,7-8,12,16-20,22-23H2,1H3. The molecule has 2 amide bonds. The van der Waals surface area contributed by atoms with Crippen molar-refractivity contribution in [2.24, 2.45) is 0 Å². The lowest BCUT2D eigenvalue weighted by Crippen LogP contribution is -2.62. The number of furan rings is 1. The van der Waals surface area contributed by atoms with Crippen molar-refractivity contribution in [3.8, 4) is 5.75 Å². The molecule has 1 saturated heterocycles. The van der Waals surface area contributed by atoms with E-state index in [1.54, 1.807) is 16.7 Å². The largest absolute Gasteiger partial charge is 0.491 e. The van der Waals surface area contributed by atoms with E-state index in [1.165, 1.54) is 18.2 Å². The molecule has 3 heterocycles. The van der Waals surface area contributed by atoms with Crippen LogP contribution >= 0.6 is 0 Å². The van der Waals surface area contributed by atoms with Crippen molar-refractivity contribution in [3.05, 3.63) is 101 Å². The lowest BCUT2D eigenvalue weighted by Gasteiger charge is -2.44. The molecule has 2 aliphatic heterocycles. The molecule has 1 spiro atoms.